The van der Waals surface area contributed by atoms with Gasteiger partial charge in [-0.15, -0.1) is 0 Å². The van der Waals surface area contributed by atoms with Crippen LogP contribution >= 0.6 is 0 Å². The summed E-state index contributed by atoms with van der Waals surface area (Å²) in [5.41, 5.74) is 3.74. The number of aliphatic hydroxyl groups excluding tert-OH is 1. The summed E-state index contributed by atoms with van der Waals surface area (Å²) in [6, 6.07) is 15.7. The molecule has 0 spiro atoms. The predicted octanol–water partition coefficient (Wildman–Crippen LogP) is 4.19. The van der Waals surface area contributed by atoms with Crippen LogP contribution in [0.25, 0.3) is 11.4 Å². The van der Waals surface area contributed by atoms with Crippen LogP contribution in [0.15, 0.2) is 48.5 Å². The molecule has 0 saturated carbocycles. The minimum atomic E-state index is -0.837. The van der Waals surface area contributed by atoms with Crippen LogP contribution in [0.2, 0.25) is 0 Å². The lowest BCUT2D eigenvalue weighted by molar-refractivity contribution is -0.0151. The monoisotopic (exact) mass is 365 g/mol. The van der Waals surface area contributed by atoms with Gasteiger partial charge in [-0.1, -0.05) is 48.5 Å². The summed E-state index contributed by atoms with van der Waals surface area (Å²) in [5.74, 6) is 1.13. The Bertz CT molecular complexity index is 911. The Labute approximate surface area is 160 Å². The molecular weight excluding hydrogens is 338 g/mol. The highest BCUT2D eigenvalue weighted by atomic mass is 16.5. The molecule has 3 aromatic rings. The summed E-state index contributed by atoms with van der Waals surface area (Å²) in [6.45, 7) is 8.70. The fourth-order valence-corrected chi connectivity index (χ4v) is 2.84. The molecule has 2 aromatic carbocycles. The fourth-order valence-electron chi connectivity index (χ4n) is 2.84. The van der Waals surface area contributed by atoms with E-state index in [4.69, 9.17) is 4.74 Å². The maximum absolute atomic E-state index is 10.9. The first-order valence-electron chi connectivity index (χ1n) is 9.12. The molecule has 5 heteroatoms. The molecule has 1 heterocycles. The van der Waals surface area contributed by atoms with Gasteiger partial charge in [0, 0.05) is 12.6 Å². The largest absolute Gasteiger partial charge is 0.380 e. The first-order chi connectivity index (χ1) is 12.7. The Morgan fingerprint density at radius 1 is 1.11 bits per heavy atom. The van der Waals surface area contributed by atoms with E-state index in [0.717, 1.165) is 22.3 Å². The molecule has 3 rings (SSSR count). The third-order valence-corrected chi connectivity index (χ3v) is 4.42. The van der Waals surface area contributed by atoms with Gasteiger partial charge in [0.1, 0.15) is 6.10 Å². The van der Waals surface area contributed by atoms with Gasteiger partial charge in [0.15, 0.2) is 11.6 Å². The van der Waals surface area contributed by atoms with Crippen molar-refractivity contribution in [2.75, 3.05) is 0 Å². The van der Waals surface area contributed by atoms with Gasteiger partial charge in [-0.25, -0.2) is 9.67 Å². The Morgan fingerprint density at radius 3 is 2.44 bits per heavy atom. The van der Waals surface area contributed by atoms with Crippen molar-refractivity contribution in [3.63, 3.8) is 0 Å². The maximum atomic E-state index is 10.9. The molecule has 0 aliphatic rings. The third kappa shape index (κ3) is 4.62. The van der Waals surface area contributed by atoms with Crippen LogP contribution in [0, 0.1) is 6.92 Å². The van der Waals surface area contributed by atoms with E-state index in [0.29, 0.717) is 18.3 Å². The molecule has 0 amide bonds. The Kier molecular flexibility index (Phi) is 5.44. The normalized spacial score (nSPS) is 13.0. The summed E-state index contributed by atoms with van der Waals surface area (Å²) in [5, 5.41) is 15.3. The van der Waals surface area contributed by atoms with Gasteiger partial charge in [-0.2, -0.15) is 5.10 Å². The van der Waals surface area contributed by atoms with Gasteiger partial charge in [0.2, 0.25) is 0 Å². The minimum Gasteiger partial charge on any atom is -0.380 e. The number of aliphatic hydroxyl groups is 1. The molecule has 0 fully saturated rings. The zero-order chi connectivity index (χ0) is 19.6. The van der Waals surface area contributed by atoms with E-state index in [1.165, 1.54) is 0 Å². The van der Waals surface area contributed by atoms with Crippen molar-refractivity contribution in [2.45, 2.75) is 46.0 Å². The van der Waals surface area contributed by atoms with Crippen LogP contribution in [0.4, 0.5) is 0 Å². The number of aryl methyl sites for hydroxylation is 2. The first kappa shape index (κ1) is 19.3. The molecule has 0 radical (unpaired) electrons. The second kappa shape index (κ2) is 7.62. The van der Waals surface area contributed by atoms with Gasteiger partial charge >= 0.3 is 0 Å². The van der Waals surface area contributed by atoms with Crippen molar-refractivity contribution in [2.24, 2.45) is 7.05 Å². The average molecular weight is 365 g/mol. The van der Waals surface area contributed by atoms with Gasteiger partial charge in [-0.05, 0) is 44.4 Å². The molecule has 1 atom stereocenters. The standard InChI is InChI=1S/C22H27N3O2/c1-15-13-17(11-12-18(15)14-27-22(2,3)4)19(26)21-23-20(24-25(21)5)16-9-7-6-8-10-16/h6-13,19,26H,14H2,1-5H3. The Balaban J connectivity index is 1.83. The number of nitrogens with zero attached hydrogens (tertiary/aromatic N) is 3. The number of aromatic nitrogens is 3. The van der Waals surface area contributed by atoms with E-state index in [1.807, 2.05) is 76.2 Å². The highest BCUT2D eigenvalue weighted by Gasteiger charge is 2.20. The van der Waals surface area contributed by atoms with Gasteiger partial charge in [-0.3, -0.25) is 0 Å². The lowest BCUT2D eigenvalue weighted by atomic mass is 10.0. The maximum Gasteiger partial charge on any atom is 0.181 e. The first-order valence-corrected chi connectivity index (χ1v) is 9.12. The zero-order valence-electron chi connectivity index (χ0n) is 16.6. The number of rotatable bonds is 5. The summed E-state index contributed by atoms with van der Waals surface area (Å²) in [4.78, 5) is 4.55. The van der Waals surface area contributed by atoms with Crippen molar-refractivity contribution < 1.29 is 9.84 Å². The summed E-state index contributed by atoms with van der Waals surface area (Å²) in [6.07, 6.45) is -0.837. The van der Waals surface area contributed by atoms with E-state index in [9.17, 15) is 5.11 Å². The summed E-state index contributed by atoms with van der Waals surface area (Å²) < 4.78 is 7.50. The second-order valence-corrected chi connectivity index (χ2v) is 7.77. The smallest absolute Gasteiger partial charge is 0.181 e. The van der Waals surface area contributed by atoms with Crippen LogP contribution in [0.3, 0.4) is 0 Å². The average Bonchev–Trinajstić information content (AvgIpc) is 3.02. The van der Waals surface area contributed by atoms with Crippen LogP contribution < -0.4 is 0 Å². The lowest BCUT2D eigenvalue weighted by Crippen LogP contribution is -2.19. The van der Waals surface area contributed by atoms with Gasteiger partial charge in [0.25, 0.3) is 0 Å². The molecule has 0 saturated heterocycles. The zero-order valence-corrected chi connectivity index (χ0v) is 16.6. The van der Waals surface area contributed by atoms with E-state index in [-0.39, 0.29) is 5.60 Å². The predicted molar refractivity (Wildman–Crippen MR) is 106 cm³/mol. The summed E-state index contributed by atoms with van der Waals surface area (Å²) in [7, 11) is 1.80. The van der Waals surface area contributed by atoms with Crippen LogP contribution in [0.5, 0.6) is 0 Å². The van der Waals surface area contributed by atoms with Crippen molar-refractivity contribution >= 4 is 0 Å². The molecule has 142 valence electrons. The molecular formula is C22H27N3O2. The SMILES string of the molecule is Cc1cc(C(O)c2nc(-c3ccccc3)nn2C)ccc1COC(C)(C)C. The van der Waals surface area contributed by atoms with Crippen molar-refractivity contribution in [1.29, 1.82) is 0 Å². The molecule has 5 nitrogen and oxygen atoms in total. The van der Waals surface area contributed by atoms with E-state index in [1.54, 1.807) is 11.7 Å². The van der Waals surface area contributed by atoms with E-state index >= 15 is 0 Å². The van der Waals surface area contributed by atoms with E-state index in [2.05, 4.69) is 10.1 Å². The molecule has 0 bridgehead atoms. The fraction of sp³-hybridized carbons (Fsp3) is 0.364. The molecule has 1 unspecified atom stereocenters. The van der Waals surface area contributed by atoms with Gasteiger partial charge in [0.05, 0.1) is 12.2 Å². The Hall–Kier alpha value is -2.50. The molecule has 0 aliphatic heterocycles. The lowest BCUT2D eigenvalue weighted by Gasteiger charge is -2.21. The van der Waals surface area contributed by atoms with Gasteiger partial charge < -0.3 is 9.84 Å². The number of ether oxygens (including phenoxy) is 1. The number of hydrogen-bond acceptors (Lipinski definition) is 4. The Morgan fingerprint density at radius 2 is 1.81 bits per heavy atom. The van der Waals surface area contributed by atoms with Crippen molar-refractivity contribution in [1.82, 2.24) is 14.8 Å². The second-order valence-electron chi connectivity index (χ2n) is 7.77. The van der Waals surface area contributed by atoms with Crippen molar-refractivity contribution in [3.05, 3.63) is 71.0 Å². The quantitative estimate of drug-likeness (QED) is 0.737. The van der Waals surface area contributed by atoms with Crippen LogP contribution in [0.1, 0.15) is 49.4 Å². The molecule has 1 aromatic heterocycles. The minimum absolute atomic E-state index is 0.183. The third-order valence-electron chi connectivity index (χ3n) is 4.42. The highest BCUT2D eigenvalue weighted by Crippen LogP contribution is 2.25. The topological polar surface area (TPSA) is 60.2 Å². The number of benzene rings is 2. The number of hydrogen-bond donors (Lipinski definition) is 1. The molecule has 27 heavy (non-hydrogen) atoms. The van der Waals surface area contributed by atoms with Crippen LogP contribution in [-0.2, 0) is 18.4 Å². The van der Waals surface area contributed by atoms with E-state index < -0.39 is 6.10 Å². The molecule has 0 aliphatic carbocycles. The van der Waals surface area contributed by atoms with Crippen LogP contribution in [-0.4, -0.2) is 25.5 Å². The van der Waals surface area contributed by atoms with Crippen molar-refractivity contribution in [3.8, 4) is 11.4 Å². The molecule has 1 N–H and O–H groups in total. The summed E-state index contributed by atoms with van der Waals surface area (Å²) >= 11 is 0. The highest BCUT2D eigenvalue weighted by molar-refractivity contribution is 5.54.